The van der Waals surface area contributed by atoms with Crippen molar-refractivity contribution in [2.45, 2.75) is 33.6 Å². The van der Waals surface area contributed by atoms with Crippen LogP contribution in [-0.4, -0.2) is 20.9 Å². The number of nitrogens with zero attached hydrogens (tertiary/aromatic N) is 2. The summed E-state index contributed by atoms with van der Waals surface area (Å²) in [5.41, 5.74) is 1.80. The molecular weight excluding hydrogens is 196 g/mol. The van der Waals surface area contributed by atoms with Crippen LogP contribution >= 0.6 is 0 Å². The summed E-state index contributed by atoms with van der Waals surface area (Å²) >= 11 is 0. The molecule has 0 radical (unpaired) electrons. The van der Waals surface area contributed by atoms with E-state index in [1.54, 1.807) is 4.68 Å². The maximum absolute atomic E-state index is 10.9. The van der Waals surface area contributed by atoms with Gasteiger partial charge in [-0.2, -0.15) is 5.10 Å². The molecule has 1 aliphatic rings. The van der Waals surface area contributed by atoms with Gasteiger partial charge in [0, 0.05) is 12.1 Å². The summed E-state index contributed by atoms with van der Waals surface area (Å²) in [5.74, 6) is -0.532. The lowest BCUT2D eigenvalue weighted by atomic mass is 10.2. The molecule has 0 aromatic carbocycles. The smallest absolute Gasteiger partial charge is 0.356 e. The maximum Gasteiger partial charge on any atom is 0.356 e. The van der Waals surface area contributed by atoms with Crippen LogP contribution in [0.3, 0.4) is 0 Å². The first-order valence-electron chi connectivity index (χ1n) is 4.99. The largest absolute Gasteiger partial charge is 0.476 e. The van der Waals surface area contributed by atoms with Gasteiger partial charge < -0.3 is 9.84 Å². The molecule has 0 bridgehead atoms. The Morgan fingerprint density at radius 2 is 2.33 bits per heavy atom. The molecule has 0 saturated carbocycles. The fourth-order valence-corrected chi connectivity index (χ4v) is 1.77. The Labute approximate surface area is 87.7 Å². The van der Waals surface area contributed by atoms with Gasteiger partial charge in [0.25, 0.3) is 0 Å². The fourth-order valence-electron chi connectivity index (χ4n) is 1.77. The van der Waals surface area contributed by atoms with E-state index >= 15 is 0 Å². The summed E-state index contributed by atoms with van der Waals surface area (Å²) in [7, 11) is 0. The van der Waals surface area contributed by atoms with Crippen LogP contribution in [0.25, 0.3) is 0 Å². The van der Waals surface area contributed by atoms with Gasteiger partial charge >= 0.3 is 5.97 Å². The average Bonchev–Trinajstić information content (AvgIpc) is 2.66. The number of aromatic carboxylic acids is 1. The quantitative estimate of drug-likeness (QED) is 0.815. The van der Waals surface area contributed by atoms with Crippen LogP contribution in [0.4, 0.5) is 0 Å². The standard InChI is InChI=1S/C10H14N2O3/c1-6(2)3-12-8-5-15-4-7(8)9(11-12)10(13)14/h6H,3-5H2,1-2H3,(H,13,14). The molecule has 1 aromatic rings. The Morgan fingerprint density at radius 3 is 2.93 bits per heavy atom. The molecule has 0 amide bonds. The lowest BCUT2D eigenvalue weighted by molar-refractivity contribution is 0.0681. The van der Waals surface area contributed by atoms with E-state index < -0.39 is 5.97 Å². The number of ether oxygens (including phenoxy) is 1. The number of aromatic nitrogens is 2. The number of carboxylic acid groups (broad SMARTS) is 1. The number of carbonyl (C=O) groups is 1. The summed E-state index contributed by atoms with van der Waals surface area (Å²) in [5, 5.41) is 13.1. The molecule has 0 saturated heterocycles. The molecule has 1 aromatic heterocycles. The second-order valence-corrected chi connectivity index (χ2v) is 4.15. The Bertz CT molecular complexity index is 396. The van der Waals surface area contributed by atoms with Crippen molar-refractivity contribution >= 4 is 5.97 Å². The zero-order chi connectivity index (χ0) is 11.0. The van der Waals surface area contributed by atoms with Crippen LogP contribution in [0.15, 0.2) is 0 Å². The normalized spacial score (nSPS) is 14.6. The van der Waals surface area contributed by atoms with Gasteiger partial charge in [0.1, 0.15) is 0 Å². The highest BCUT2D eigenvalue weighted by Crippen LogP contribution is 2.24. The van der Waals surface area contributed by atoms with Crippen LogP contribution < -0.4 is 0 Å². The maximum atomic E-state index is 10.9. The van der Waals surface area contributed by atoms with E-state index in [0.29, 0.717) is 19.1 Å². The number of fused-ring (bicyclic) bond motifs is 1. The Balaban J connectivity index is 2.40. The molecule has 1 N–H and O–H groups in total. The molecule has 15 heavy (non-hydrogen) atoms. The third-order valence-electron chi connectivity index (χ3n) is 2.39. The molecule has 0 aliphatic carbocycles. The minimum Gasteiger partial charge on any atom is -0.476 e. The van der Waals surface area contributed by atoms with E-state index in [9.17, 15) is 4.79 Å². The second kappa shape index (κ2) is 3.66. The minimum absolute atomic E-state index is 0.142. The van der Waals surface area contributed by atoms with E-state index in [0.717, 1.165) is 17.8 Å². The lowest BCUT2D eigenvalue weighted by Crippen LogP contribution is -2.10. The van der Waals surface area contributed by atoms with Crippen LogP contribution in [0.5, 0.6) is 0 Å². The van der Waals surface area contributed by atoms with Crippen molar-refractivity contribution in [3.05, 3.63) is 17.0 Å². The molecule has 0 unspecified atom stereocenters. The number of hydrogen-bond donors (Lipinski definition) is 1. The van der Waals surface area contributed by atoms with Gasteiger partial charge in [0.05, 0.1) is 18.9 Å². The molecule has 0 spiro atoms. The zero-order valence-electron chi connectivity index (χ0n) is 8.86. The van der Waals surface area contributed by atoms with Gasteiger partial charge in [0.15, 0.2) is 5.69 Å². The Hall–Kier alpha value is -1.36. The third-order valence-corrected chi connectivity index (χ3v) is 2.39. The molecular formula is C10H14N2O3. The first-order chi connectivity index (χ1) is 7.09. The van der Waals surface area contributed by atoms with E-state index in [1.807, 2.05) is 0 Å². The van der Waals surface area contributed by atoms with Crippen molar-refractivity contribution < 1.29 is 14.6 Å². The Kier molecular flexibility index (Phi) is 2.48. The first-order valence-corrected chi connectivity index (χ1v) is 4.99. The number of carboxylic acids is 1. The van der Waals surface area contributed by atoms with Gasteiger partial charge in [-0.15, -0.1) is 0 Å². The van der Waals surface area contributed by atoms with Crippen molar-refractivity contribution in [1.82, 2.24) is 9.78 Å². The van der Waals surface area contributed by atoms with E-state index in [4.69, 9.17) is 9.84 Å². The lowest BCUT2D eigenvalue weighted by Gasteiger charge is -2.07. The van der Waals surface area contributed by atoms with E-state index in [2.05, 4.69) is 18.9 Å². The molecule has 2 heterocycles. The Morgan fingerprint density at radius 1 is 1.60 bits per heavy atom. The molecule has 5 heteroatoms. The van der Waals surface area contributed by atoms with E-state index in [1.165, 1.54) is 0 Å². The van der Waals surface area contributed by atoms with Gasteiger partial charge in [0.2, 0.25) is 0 Å². The summed E-state index contributed by atoms with van der Waals surface area (Å²) in [6.07, 6.45) is 0. The highest BCUT2D eigenvalue weighted by molar-refractivity contribution is 5.87. The molecule has 1 aliphatic heterocycles. The van der Waals surface area contributed by atoms with Crippen molar-refractivity contribution in [3.8, 4) is 0 Å². The fraction of sp³-hybridized carbons (Fsp3) is 0.600. The topological polar surface area (TPSA) is 64.4 Å². The van der Waals surface area contributed by atoms with Crippen molar-refractivity contribution in [2.24, 2.45) is 5.92 Å². The SMILES string of the molecule is CC(C)Cn1nc(C(=O)O)c2c1COC2. The summed E-state index contributed by atoms with van der Waals surface area (Å²) < 4.78 is 7.00. The van der Waals surface area contributed by atoms with Crippen LogP contribution in [-0.2, 0) is 24.5 Å². The molecule has 82 valence electrons. The summed E-state index contributed by atoms with van der Waals surface area (Å²) in [6.45, 7) is 5.73. The highest BCUT2D eigenvalue weighted by atomic mass is 16.5. The van der Waals surface area contributed by atoms with Crippen LogP contribution in [0.2, 0.25) is 0 Å². The number of hydrogen-bond acceptors (Lipinski definition) is 3. The van der Waals surface area contributed by atoms with Gasteiger partial charge in [-0.3, -0.25) is 4.68 Å². The monoisotopic (exact) mass is 210 g/mol. The zero-order valence-corrected chi connectivity index (χ0v) is 8.86. The predicted octanol–water partition coefficient (Wildman–Crippen LogP) is 1.27. The van der Waals surface area contributed by atoms with Crippen LogP contribution in [0.1, 0.15) is 35.6 Å². The average molecular weight is 210 g/mol. The van der Waals surface area contributed by atoms with Gasteiger partial charge in [-0.05, 0) is 5.92 Å². The van der Waals surface area contributed by atoms with Crippen molar-refractivity contribution in [1.29, 1.82) is 0 Å². The summed E-state index contributed by atoms with van der Waals surface area (Å²) in [6, 6.07) is 0. The minimum atomic E-state index is -0.973. The number of rotatable bonds is 3. The van der Waals surface area contributed by atoms with Crippen LogP contribution in [0, 0.1) is 5.92 Å². The van der Waals surface area contributed by atoms with Crippen molar-refractivity contribution in [3.63, 3.8) is 0 Å². The molecule has 2 rings (SSSR count). The predicted molar refractivity (Wildman–Crippen MR) is 52.5 cm³/mol. The van der Waals surface area contributed by atoms with Gasteiger partial charge in [-0.1, -0.05) is 13.8 Å². The van der Waals surface area contributed by atoms with E-state index in [-0.39, 0.29) is 5.69 Å². The second-order valence-electron chi connectivity index (χ2n) is 4.15. The highest BCUT2D eigenvalue weighted by Gasteiger charge is 2.26. The first kappa shape index (κ1) is 10.2. The molecule has 0 fully saturated rings. The molecule has 5 nitrogen and oxygen atoms in total. The van der Waals surface area contributed by atoms with Gasteiger partial charge in [-0.25, -0.2) is 4.79 Å². The third kappa shape index (κ3) is 1.74. The summed E-state index contributed by atoms with van der Waals surface area (Å²) in [4.78, 5) is 10.9. The van der Waals surface area contributed by atoms with Crippen molar-refractivity contribution in [2.75, 3.05) is 0 Å². The molecule has 0 atom stereocenters.